The number of methoxy groups -OCH3 is 1. The lowest BCUT2D eigenvalue weighted by Crippen LogP contribution is -2.38. The summed E-state index contributed by atoms with van der Waals surface area (Å²) in [6, 6.07) is 3.17. The third kappa shape index (κ3) is 3.71. The maximum Gasteiger partial charge on any atom is 0.272 e. The highest BCUT2D eigenvalue weighted by Gasteiger charge is 2.35. The lowest BCUT2D eigenvalue weighted by molar-refractivity contribution is 0.0642. The van der Waals surface area contributed by atoms with Gasteiger partial charge < -0.3 is 19.5 Å². The molecule has 116 valence electrons. The molecule has 0 radical (unpaired) electrons. The van der Waals surface area contributed by atoms with Gasteiger partial charge in [0.15, 0.2) is 0 Å². The predicted octanol–water partition coefficient (Wildman–Crippen LogP) is 1.09. The molecule has 21 heavy (non-hydrogen) atoms. The van der Waals surface area contributed by atoms with E-state index in [9.17, 15) is 9.90 Å². The van der Waals surface area contributed by atoms with Crippen LogP contribution in [0.25, 0.3) is 0 Å². The first kappa shape index (κ1) is 15.7. The molecule has 1 aromatic heterocycles. The Hall–Kier alpha value is -1.66. The number of likely N-dealkylation sites (tertiary alicyclic amines) is 1. The molecule has 2 rings (SSSR count). The number of ether oxygens (including phenoxy) is 2. The molecule has 1 aliphatic rings. The van der Waals surface area contributed by atoms with Crippen molar-refractivity contribution < 1.29 is 19.4 Å². The maximum absolute atomic E-state index is 12.5. The molecule has 0 spiro atoms. The Bertz CT molecular complexity index is 475. The number of aromatic nitrogens is 1. The minimum Gasteiger partial charge on any atom is -0.489 e. The summed E-state index contributed by atoms with van der Waals surface area (Å²) in [5.74, 6) is 0.446. The third-order valence-corrected chi connectivity index (χ3v) is 3.51. The van der Waals surface area contributed by atoms with Crippen LogP contribution < -0.4 is 4.74 Å². The number of pyridine rings is 1. The summed E-state index contributed by atoms with van der Waals surface area (Å²) in [6.45, 7) is 4.27. The summed E-state index contributed by atoms with van der Waals surface area (Å²) in [6.07, 6.45) is 2.22. The van der Waals surface area contributed by atoms with Gasteiger partial charge in [-0.25, -0.2) is 4.98 Å². The monoisotopic (exact) mass is 294 g/mol. The molecule has 1 aliphatic heterocycles. The number of aliphatic hydroxyl groups excluding tert-OH is 1. The minimum absolute atomic E-state index is 0.0327. The number of nitrogens with zero attached hydrogens (tertiary/aromatic N) is 2. The van der Waals surface area contributed by atoms with E-state index in [1.807, 2.05) is 13.8 Å². The zero-order valence-electron chi connectivity index (χ0n) is 12.7. The van der Waals surface area contributed by atoms with Crippen molar-refractivity contribution in [2.45, 2.75) is 38.5 Å². The van der Waals surface area contributed by atoms with E-state index < -0.39 is 0 Å². The topological polar surface area (TPSA) is 71.9 Å². The van der Waals surface area contributed by atoms with Crippen molar-refractivity contribution >= 4 is 5.91 Å². The van der Waals surface area contributed by atoms with Crippen molar-refractivity contribution in [1.82, 2.24) is 9.88 Å². The second-order valence-corrected chi connectivity index (χ2v) is 5.43. The molecule has 0 saturated carbocycles. The van der Waals surface area contributed by atoms with Gasteiger partial charge in [-0.2, -0.15) is 0 Å². The highest BCUT2D eigenvalue weighted by Crippen LogP contribution is 2.22. The Balaban J connectivity index is 2.08. The SMILES string of the molecule is CO[C@H]1C[C@@H](CO)N(C(=O)c2ccc(OC(C)C)cn2)C1. The van der Waals surface area contributed by atoms with Gasteiger partial charge in [-0.3, -0.25) is 4.79 Å². The van der Waals surface area contributed by atoms with Gasteiger partial charge in [-0.05, 0) is 32.4 Å². The number of hydrogen-bond acceptors (Lipinski definition) is 5. The van der Waals surface area contributed by atoms with E-state index in [1.165, 1.54) is 0 Å². The van der Waals surface area contributed by atoms with Gasteiger partial charge in [0.2, 0.25) is 0 Å². The zero-order valence-corrected chi connectivity index (χ0v) is 12.7. The van der Waals surface area contributed by atoms with Crippen LogP contribution in [0.1, 0.15) is 30.8 Å². The summed E-state index contributed by atoms with van der Waals surface area (Å²) in [5.41, 5.74) is 0.348. The second kappa shape index (κ2) is 6.87. The van der Waals surface area contributed by atoms with Crippen LogP contribution in [0, 0.1) is 0 Å². The van der Waals surface area contributed by atoms with Gasteiger partial charge in [0.1, 0.15) is 11.4 Å². The minimum atomic E-state index is -0.212. The number of carbonyl (C=O) groups excluding carboxylic acids is 1. The van der Waals surface area contributed by atoms with Crippen molar-refractivity contribution in [2.75, 3.05) is 20.3 Å². The smallest absolute Gasteiger partial charge is 0.272 e. The molecule has 1 saturated heterocycles. The van der Waals surface area contributed by atoms with E-state index in [4.69, 9.17) is 9.47 Å². The number of amides is 1. The number of carbonyl (C=O) groups is 1. The van der Waals surface area contributed by atoms with Crippen molar-refractivity contribution in [2.24, 2.45) is 0 Å². The molecule has 2 atom stereocenters. The summed E-state index contributed by atoms with van der Waals surface area (Å²) < 4.78 is 10.8. The molecule has 0 aliphatic carbocycles. The summed E-state index contributed by atoms with van der Waals surface area (Å²) in [4.78, 5) is 18.2. The average molecular weight is 294 g/mol. The van der Waals surface area contributed by atoms with Gasteiger partial charge >= 0.3 is 0 Å². The largest absolute Gasteiger partial charge is 0.489 e. The lowest BCUT2D eigenvalue weighted by atomic mass is 10.2. The fraction of sp³-hybridized carbons (Fsp3) is 0.600. The predicted molar refractivity (Wildman–Crippen MR) is 77.3 cm³/mol. The fourth-order valence-electron chi connectivity index (χ4n) is 2.46. The Morgan fingerprint density at radius 3 is 2.81 bits per heavy atom. The molecule has 0 bridgehead atoms. The van der Waals surface area contributed by atoms with Crippen LogP contribution in [0.3, 0.4) is 0 Å². The van der Waals surface area contributed by atoms with Gasteiger partial charge in [-0.15, -0.1) is 0 Å². The highest BCUT2D eigenvalue weighted by molar-refractivity contribution is 5.92. The lowest BCUT2D eigenvalue weighted by Gasteiger charge is -2.22. The Morgan fingerprint density at radius 2 is 2.29 bits per heavy atom. The second-order valence-electron chi connectivity index (χ2n) is 5.43. The average Bonchev–Trinajstić information content (AvgIpc) is 2.90. The highest BCUT2D eigenvalue weighted by atomic mass is 16.5. The standard InChI is InChI=1S/C15H22N2O4/c1-10(2)21-12-4-5-14(16-7-12)15(19)17-8-13(20-3)6-11(17)9-18/h4-5,7,10-11,13,18H,6,8-9H2,1-3H3/t11-,13-/m0/s1. The van der Waals surface area contributed by atoms with Crippen molar-refractivity contribution in [3.63, 3.8) is 0 Å². The van der Waals surface area contributed by atoms with Crippen LogP contribution in [0.15, 0.2) is 18.3 Å². The van der Waals surface area contributed by atoms with Gasteiger partial charge in [0.25, 0.3) is 5.91 Å². The number of hydrogen-bond donors (Lipinski definition) is 1. The molecular formula is C15H22N2O4. The molecule has 0 unspecified atom stereocenters. The molecule has 1 aromatic rings. The van der Waals surface area contributed by atoms with Crippen molar-refractivity contribution in [3.8, 4) is 5.75 Å². The molecule has 1 amide bonds. The van der Waals surface area contributed by atoms with Gasteiger partial charge in [0, 0.05) is 13.7 Å². The van der Waals surface area contributed by atoms with Crippen LogP contribution in [-0.4, -0.2) is 59.4 Å². The normalized spacial score (nSPS) is 21.9. The first-order valence-corrected chi connectivity index (χ1v) is 7.12. The van der Waals surface area contributed by atoms with Gasteiger partial charge in [0.05, 0.1) is 31.1 Å². The van der Waals surface area contributed by atoms with Crippen molar-refractivity contribution in [3.05, 3.63) is 24.0 Å². The number of rotatable bonds is 5. The molecule has 2 heterocycles. The quantitative estimate of drug-likeness (QED) is 0.880. The van der Waals surface area contributed by atoms with Crippen LogP contribution in [0.4, 0.5) is 0 Å². The van der Waals surface area contributed by atoms with E-state index in [0.29, 0.717) is 24.4 Å². The van der Waals surface area contributed by atoms with Crippen molar-refractivity contribution in [1.29, 1.82) is 0 Å². The molecule has 6 nitrogen and oxygen atoms in total. The zero-order chi connectivity index (χ0) is 15.4. The molecular weight excluding hydrogens is 272 g/mol. The maximum atomic E-state index is 12.5. The van der Waals surface area contributed by atoms with E-state index in [2.05, 4.69) is 4.98 Å². The number of aliphatic hydroxyl groups is 1. The fourth-order valence-corrected chi connectivity index (χ4v) is 2.46. The van der Waals surface area contributed by atoms with E-state index in [1.54, 1.807) is 30.3 Å². The first-order valence-electron chi connectivity index (χ1n) is 7.12. The summed E-state index contributed by atoms with van der Waals surface area (Å²) in [7, 11) is 1.61. The van der Waals surface area contributed by atoms with Crippen LogP contribution in [-0.2, 0) is 4.74 Å². The Morgan fingerprint density at radius 1 is 1.52 bits per heavy atom. The van der Waals surface area contributed by atoms with E-state index >= 15 is 0 Å². The first-order chi connectivity index (χ1) is 10.0. The van der Waals surface area contributed by atoms with E-state index in [-0.39, 0.29) is 30.8 Å². The Labute approximate surface area is 124 Å². The molecule has 1 N–H and O–H groups in total. The van der Waals surface area contributed by atoms with E-state index in [0.717, 1.165) is 0 Å². The summed E-state index contributed by atoms with van der Waals surface area (Å²) >= 11 is 0. The molecule has 1 fully saturated rings. The Kier molecular flexibility index (Phi) is 5.14. The molecule has 0 aromatic carbocycles. The van der Waals surface area contributed by atoms with Gasteiger partial charge in [-0.1, -0.05) is 0 Å². The van der Waals surface area contributed by atoms with Crippen LogP contribution >= 0.6 is 0 Å². The van der Waals surface area contributed by atoms with Crippen LogP contribution in [0.5, 0.6) is 5.75 Å². The van der Waals surface area contributed by atoms with Crippen LogP contribution in [0.2, 0.25) is 0 Å². The summed E-state index contributed by atoms with van der Waals surface area (Å²) in [5, 5.41) is 9.40. The third-order valence-electron chi connectivity index (χ3n) is 3.51. The molecule has 6 heteroatoms.